The van der Waals surface area contributed by atoms with Gasteiger partial charge in [0.15, 0.2) is 0 Å². The van der Waals surface area contributed by atoms with Gasteiger partial charge in [0.2, 0.25) is 5.91 Å². The van der Waals surface area contributed by atoms with Crippen molar-refractivity contribution in [2.45, 2.75) is 37.6 Å². The van der Waals surface area contributed by atoms with E-state index in [2.05, 4.69) is 11.9 Å². The van der Waals surface area contributed by atoms with E-state index < -0.39 is 11.7 Å². The number of nitrogens with one attached hydrogen (secondary N) is 1. The molecule has 1 fully saturated rings. The molecule has 0 spiro atoms. The van der Waals surface area contributed by atoms with Crippen LogP contribution < -0.4 is 10.1 Å². The van der Waals surface area contributed by atoms with Gasteiger partial charge in [0.1, 0.15) is 11.9 Å². The van der Waals surface area contributed by atoms with Crippen LogP contribution in [0, 0.1) is 0 Å². The highest BCUT2D eigenvalue weighted by Gasteiger charge is 2.31. The van der Waals surface area contributed by atoms with Gasteiger partial charge in [-0.15, -0.1) is 0 Å². The summed E-state index contributed by atoms with van der Waals surface area (Å²) in [6.07, 6.45) is -1.36. The number of benzene rings is 1. The maximum absolute atomic E-state index is 12.6. The normalized spacial score (nSPS) is 21.9. The van der Waals surface area contributed by atoms with Crippen LogP contribution in [0.5, 0.6) is 5.75 Å². The molecule has 1 aromatic rings. The quantitative estimate of drug-likeness (QED) is 0.866. The number of hydrogen-bond acceptors (Lipinski definition) is 2. The van der Waals surface area contributed by atoms with Crippen molar-refractivity contribution in [1.82, 2.24) is 5.32 Å². The minimum absolute atomic E-state index is 0.0219. The summed E-state index contributed by atoms with van der Waals surface area (Å²) in [6, 6.07) is 4.81. The highest BCUT2D eigenvalue weighted by atomic mass is 19.4. The molecule has 21 heavy (non-hydrogen) atoms. The molecule has 0 radical (unpaired) electrons. The van der Waals surface area contributed by atoms with E-state index in [1.807, 2.05) is 0 Å². The molecule has 1 aliphatic carbocycles. The summed E-state index contributed by atoms with van der Waals surface area (Å²) < 4.78 is 43.4. The molecular formula is C15H16F3NO2. The molecule has 0 aliphatic heterocycles. The average molecular weight is 299 g/mol. The Hall–Kier alpha value is -1.98. The third kappa shape index (κ3) is 4.24. The van der Waals surface area contributed by atoms with Crippen LogP contribution >= 0.6 is 0 Å². The zero-order chi connectivity index (χ0) is 15.5. The highest BCUT2D eigenvalue weighted by molar-refractivity contribution is 5.87. The number of carbonyl (C=O) groups is 1. The summed E-state index contributed by atoms with van der Waals surface area (Å²) in [6.45, 7) is 3.37. The third-order valence-electron chi connectivity index (χ3n) is 3.38. The second kappa shape index (κ2) is 6.20. The first-order valence-corrected chi connectivity index (χ1v) is 6.65. The molecule has 1 aliphatic rings. The Bertz CT molecular complexity index is 528. The first-order chi connectivity index (χ1) is 9.88. The Morgan fingerprint density at radius 3 is 2.81 bits per heavy atom. The molecule has 1 saturated carbocycles. The minimum Gasteiger partial charge on any atom is -0.490 e. The predicted octanol–water partition coefficient (Wildman–Crippen LogP) is 3.31. The van der Waals surface area contributed by atoms with Crippen molar-refractivity contribution >= 4 is 5.91 Å². The van der Waals surface area contributed by atoms with Gasteiger partial charge >= 0.3 is 6.18 Å². The SMILES string of the molecule is C=CC(=O)NC1CC[C@H](Oc2cccc(C(F)(F)F)c2)C1. The first kappa shape index (κ1) is 15.4. The Balaban J connectivity index is 1.94. The monoisotopic (exact) mass is 299 g/mol. The standard InChI is InChI=1S/C15H16F3NO2/c1-2-14(20)19-11-6-7-13(9-11)21-12-5-3-4-10(8-12)15(16,17)18/h2-5,8,11,13H,1,6-7,9H2,(H,19,20)/t11?,13-/m0/s1. The molecule has 1 amide bonds. The van der Waals surface area contributed by atoms with Crippen LogP contribution in [0.2, 0.25) is 0 Å². The van der Waals surface area contributed by atoms with E-state index in [9.17, 15) is 18.0 Å². The summed E-state index contributed by atoms with van der Waals surface area (Å²) in [5.74, 6) is -0.0507. The van der Waals surface area contributed by atoms with Gasteiger partial charge in [0.25, 0.3) is 0 Å². The lowest BCUT2D eigenvalue weighted by atomic mass is 10.2. The number of halogens is 3. The molecule has 0 heterocycles. The molecule has 0 bridgehead atoms. The Morgan fingerprint density at radius 1 is 1.38 bits per heavy atom. The number of ether oxygens (including phenoxy) is 1. The van der Waals surface area contributed by atoms with Crippen molar-refractivity contribution in [3.8, 4) is 5.75 Å². The van der Waals surface area contributed by atoms with Crippen molar-refractivity contribution in [3.63, 3.8) is 0 Å². The van der Waals surface area contributed by atoms with E-state index >= 15 is 0 Å². The Labute approximate surface area is 120 Å². The maximum atomic E-state index is 12.6. The van der Waals surface area contributed by atoms with E-state index in [1.54, 1.807) is 0 Å². The highest BCUT2D eigenvalue weighted by Crippen LogP contribution is 2.32. The average Bonchev–Trinajstić information content (AvgIpc) is 2.85. The van der Waals surface area contributed by atoms with Crippen LogP contribution in [0.4, 0.5) is 13.2 Å². The molecule has 1 unspecified atom stereocenters. The number of alkyl halides is 3. The molecule has 2 rings (SSSR count). The molecular weight excluding hydrogens is 283 g/mol. The van der Waals surface area contributed by atoms with Gasteiger partial charge in [-0.05, 0) is 37.1 Å². The lowest BCUT2D eigenvalue weighted by molar-refractivity contribution is -0.137. The Morgan fingerprint density at radius 2 is 2.14 bits per heavy atom. The largest absolute Gasteiger partial charge is 0.490 e. The van der Waals surface area contributed by atoms with Gasteiger partial charge in [-0.25, -0.2) is 0 Å². The van der Waals surface area contributed by atoms with E-state index in [-0.39, 0.29) is 23.8 Å². The minimum atomic E-state index is -4.38. The van der Waals surface area contributed by atoms with Crippen molar-refractivity contribution in [2.24, 2.45) is 0 Å². The summed E-state index contributed by atoms with van der Waals surface area (Å²) in [5.41, 5.74) is -0.727. The van der Waals surface area contributed by atoms with E-state index in [1.165, 1.54) is 18.2 Å². The summed E-state index contributed by atoms with van der Waals surface area (Å²) in [5, 5.41) is 2.76. The number of rotatable bonds is 4. The van der Waals surface area contributed by atoms with E-state index in [0.29, 0.717) is 12.8 Å². The van der Waals surface area contributed by atoms with E-state index in [0.717, 1.165) is 18.6 Å². The third-order valence-corrected chi connectivity index (χ3v) is 3.38. The summed E-state index contributed by atoms with van der Waals surface area (Å²) in [4.78, 5) is 11.2. The van der Waals surface area contributed by atoms with Crippen LogP contribution in [0.3, 0.4) is 0 Å². The van der Waals surface area contributed by atoms with Crippen LogP contribution in [0.15, 0.2) is 36.9 Å². The van der Waals surface area contributed by atoms with E-state index in [4.69, 9.17) is 4.74 Å². The smallest absolute Gasteiger partial charge is 0.416 e. The van der Waals surface area contributed by atoms with Gasteiger partial charge in [-0.1, -0.05) is 12.6 Å². The van der Waals surface area contributed by atoms with Gasteiger partial charge in [0, 0.05) is 12.5 Å². The van der Waals surface area contributed by atoms with Crippen LogP contribution in [0.1, 0.15) is 24.8 Å². The van der Waals surface area contributed by atoms with Gasteiger partial charge < -0.3 is 10.1 Å². The number of amides is 1. The Kier molecular flexibility index (Phi) is 4.55. The molecule has 1 N–H and O–H groups in total. The fraction of sp³-hybridized carbons (Fsp3) is 0.400. The maximum Gasteiger partial charge on any atom is 0.416 e. The number of hydrogen-bond donors (Lipinski definition) is 1. The molecule has 1 aromatic carbocycles. The topological polar surface area (TPSA) is 38.3 Å². The summed E-state index contributed by atoms with van der Waals surface area (Å²) >= 11 is 0. The van der Waals surface area contributed by atoms with Crippen molar-refractivity contribution in [1.29, 1.82) is 0 Å². The van der Waals surface area contributed by atoms with Gasteiger partial charge in [-0.3, -0.25) is 4.79 Å². The fourth-order valence-electron chi connectivity index (χ4n) is 2.38. The molecule has 0 aromatic heterocycles. The van der Waals surface area contributed by atoms with Crippen LogP contribution in [-0.2, 0) is 11.0 Å². The molecule has 2 atom stereocenters. The molecule has 3 nitrogen and oxygen atoms in total. The lowest BCUT2D eigenvalue weighted by Gasteiger charge is -2.16. The zero-order valence-corrected chi connectivity index (χ0v) is 11.3. The van der Waals surface area contributed by atoms with Crippen molar-refractivity contribution in [3.05, 3.63) is 42.5 Å². The number of carbonyl (C=O) groups excluding carboxylic acids is 1. The first-order valence-electron chi connectivity index (χ1n) is 6.65. The van der Waals surface area contributed by atoms with Crippen molar-refractivity contribution < 1.29 is 22.7 Å². The fourth-order valence-corrected chi connectivity index (χ4v) is 2.38. The van der Waals surface area contributed by atoms with Crippen LogP contribution in [-0.4, -0.2) is 18.1 Å². The summed E-state index contributed by atoms with van der Waals surface area (Å²) in [7, 11) is 0. The van der Waals surface area contributed by atoms with Gasteiger partial charge in [0.05, 0.1) is 5.56 Å². The zero-order valence-electron chi connectivity index (χ0n) is 11.3. The lowest BCUT2D eigenvalue weighted by Crippen LogP contribution is -2.32. The molecule has 114 valence electrons. The van der Waals surface area contributed by atoms with Crippen molar-refractivity contribution in [2.75, 3.05) is 0 Å². The molecule has 6 heteroatoms. The van der Waals surface area contributed by atoms with Crippen LogP contribution in [0.25, 0.3) is 0 Å². The predicted molar refractivity (Wildman–Crippen MR) is 71.8 cm³/mol. The van der Waals surface area contributed by atoms with Gasteiger partial charge in [-0.2, -0.15) is 13.2 Å². The second-order valence-electron chi connectivity index (χ2n) is 4.99. The molecule has 0 saturated heterocycles. The second-order valence-corrected chi connectivity index (χ2v) is 4.99.